The van der Waals surface area contributed by atoms with Gasteiger partial charge in [0.15, 0.2) is 0 Å². The number of benzene rings is 2. The molecule has 0 atom stereocenters. The van der Waals surface area contributed by atoms with E-state index in [1.165, 1.54) is 5.39 Å². The van der Waals surface area contributed by atoms with Crippen LogP contribution in [0.5, 0.6) is 0 Å². The molecule has 0 fully saturated rings. The van der Waals surface area contributed by atoms with Crippen molar-refractivity contribution in [1.82, 2.24) is 0 Å². The molecule has 0 saturated carbocycles. The van der Waals surface area contributed by atoms with Crippen LogP contribution in [0.2, 0.25) is 0 Å². The van der Waals surface area contributed by atoms with E-state index in [2.05, 4.69) is 32.9 Å². The maximum Gasteiger partial charge on any atom is 0.508 e. The Bertz CT molecular complexity index is 656. The highest BCUT2D eigenvalue weighted by molar-refractivity contribution is 5.83. The van der Waals surface area contributed by atoms with E-state index in [-0.39, 0.29) is 6.61 Å². The molecule has 4 nitrogen and oxygen atoms in total. The fraction of sp³-hybridized carbons (Fsp3) is 0.450. The lowest BCUT2D eigenvalue weighted by molar-refractivity contribution is -0.923. The highest BCUT2D eigenvalue weighted by Gasteiger charge is 2.21. The summed E-state index contributed by atoms with van der Waals surface area (Å²) in [6.45, 7) is 11.1. The first kappa shape index (κ1) is 18.3. The van der Waals surface area contributed by atoms with E-state index >= 15 is 0 Å². The average molecular weight is 330 g/mol. The first-order chi connectivity index (χ1) is 11.6. The Balaban J connectivity index is 1.80. The molecule has 24 heavy (non-hydrogen) atoms. The minimum absolute atomic E-state index is 0.235. The number of fused-ring (bicyclic) bond motifs is 1. The topological polar surface area (TPSA) is 35.5 Å². The zero-order chi connectivity index (χ0) is 17.4. The number of rotatable bonds is 8. The molecule has 0 saturated heterocycles. The normalized spacial score (nSPS) is 11.5. The van der Waals surface area contributed by atoms with Gasteiger partial charge in [0.05, 0.1) is 19.6 Å². The Labute approximate surface area is 144 Å². The predicted molar refractivity (Wildman–Crippen MR) is 96.8 cm³/mol. The lowest BCUT2D eigenvalue weighted by Crippen LogP contribution is -2.49. The Hall–Kier alpha value is -2.07. The lowest BCUT2D eigenvalue weighted by Gasteiger charge is -2.35. The van der Waals surface area contributed by atoms with E-state index in [0.717, 1.165) is 41.6 Å². The smallest absolute Gasteiger partial charge is 0.429 e. The average Bonchev–Trinajstić information content (AvgIpc) is 2.64. The summed E-state index contributed by atoms with van der Waals surface area (Å²) in [6, 6.07) is 14.2. The summed E-state index contributed by atoms with van der Waals surface area (Å²) in [7, 11) is 0. The van der Waals surface area contributed by atoms with E-state index < -0.39 is 6.16 Å². The van der Waals surface area contributed by atoms with Crippen molar-refractivity contribution >= 4 is 16.9 Å². The fourth-order valence-electron chi connectivity index (χ4n) is 2.98. The van der Waals surface area contributed by atoms with E-state index in [4.69, 9.17) is 9.47 Å². The Morgan fingerprint density at radius 3 is 2.25 bits per heavy atom. The fourth-order valence-corrected chi connectivity index (χ4v) is 2.98. The highest BCUT2D eigenvalue weighted by atomic mass is 16.7. The molecule has 2 rings (SSSR count). The van der Waals surface area contributed by atoms with Crippen LogP contribution in [0.15, 0.2) is 42.5 Å². The molecular formula is C20H28NO3+. The van der Waals surface area contributed by atoms with Crippen LogP contribution < -0.4 is 0 Å². The van der Waals surface area contributed by atoms with Crippen molar-refractivity contribution in [1.29, 1.82) is 0 Å². The molecule has 0 spiro atoms. The number of quaternary nitrogens is 1. The molecule has 2 aromatic rings. The number of ether oxygens (including phenoxy) is 2. The Kier molecular flexibility index (Phi) is 6.62. The summed E-state index contributed by atoms with van der Waals surface area (Å²) in [5, 5.41) is 2.32. The van der Waals surface area contributed by atoms with Crippen LogP contribution in [0, 0.1) is 0 Å². The van der Waals surface area contributed by atoms with Gasteiger partial charge in [-0.05, 0) is 43.2 Å². The van der Waals surface area contributed by atoms with Crippen molar-refractivity contribution in [2.45, 2.75) is 27.4 Å². The van der Waals surface area contributed by atoms with Gasteiger partial charge in [-0.2, -0.15) is 0 Å². The van der Waals surface area contributed by atoms with Gasteiger partial charge in [0.2, 0.25) is 0 Å². The van der Waals surface area contributed by atoms with Crippen molar-refractivity contribution in [3.05, 3.63) is 48.0 Å². The van der Waals surface area contributed by atoms with Gasteiger partial charge < -0.3 is 14.0 Å². The van der Waals surface area contributed by atoms with Gasteiger partial charge in [-0.15, -0.1) is 0 Å². The van der Waals surface area contributed by atoms with Gasteiger partial charge in [-0.25, -0.2) is 4.79 Å². The van der Waals surface area contributed by atoms with E-state index in [0.29, 0.717) is 6.61 Å². The third-order valence-electron chi connectivity index (χ3n) is 4.97. The highest BCUT2D eigenvalue weighted by Crippen LogP contribution is 2.16. The maximum atomic E-state index is 11.8. The quantitative estimate of drug-likeness (QED) is 0.532. The summed E-state index contributed by atoms with van der Waals surface area (Å²) in [5.74, 6) is 0. The number of hydrogen-bond donors (Lipinski definition) is 0. The molecule has 130 valence electrons. The van der Waals surface area contributed by atoms with Crippen LogP contribution in [0.4, 0.5) is 4.79 Å². The monoisotopic (exact) mass is 330 g/mol. The molecular weight excluding hydrogens is 302 g/mol. The molecule has 0 aliphatic heterocycles. The van der Waals surface area contributed by atoms with Crippen molar-refractivity contribution in [3.63, 3.8) is 0 Å². The van der Waals surface area contributed by atoms with Crippen LogP contribution in [0.3, 0.4) is 0 Å². The molecule has 0 radical (unpaired) electrons. The molecule has 0 amide bonds. The molecule has 0 N–H and O–H groups in total. The van der Waals surface area contributed by atoms with Crippen LogP contribution in [0.25, 0.3) is 10.8 Å². The zero-order valence-electron chi connectivity index (χ0n) is 15.0. The summed E-state index contributed by atoms with van der Waals surface area (Å²) in [4.78, 5) is 11.8. The molecule has 4 heteroatoms. The zero-order valence-corrected chi connectivity index (χ0v) is 15.0. The van der Waals surface area contributed by atoms with Crippen molar-refractivity contribution in [3.8, 4) is 0 Å². The van der Waals surface area contributed by atoms with Gasteiger partial charge in [-0.1, -0.05) is 36.4 Å². The predicted octanol–water partition coefficient (Wildman–Crippen LogP) is 4.37. The molecule has 0 bridgehead atoms. The SMILES string of the molecule is CC[N+](CC)(CC)CCOC(=O)OCc1ccc2ccccc2c1. The summed E-state index contributed by atoms with van der Waals surface area (Å²) in [6.07, 6.45) is -0.593. The molecule has 0 unspecified atom stereocenters. The number of carbonyl (C=O) groups is 1. The van der Waals surface area contributed by atoms with E-state index in [1.54, 1.807) is 0 Å². The Morgan fingerprint density at radius 2 is 1.58 bits per heavy atom. The van der Waals surface area contributed by atoms with Gasteiger partial charge in [0.25, 0.3) is 0 Å². The summed E-state index contributed by atoms with van der Waals surface area (Å²) >= 11 is 0. The first-order valence-electron chi connectivity index (χ1n) is 8.74. The van der Waals surface area contributed by atoms with Gasteiger partial charge >= 0.3 is 6.16 Å². The second kappa shape index (κ2) is 8.69. The van der Waals surface area contributed by atoms with Crippen LogP contribution in [0.1, 0.15) is 26.3 Å². The standard InChI is InChI=1S/C20H28NO3/c1-4-21(5-2,6-3)13-14-23-20(22)24-16-17-11-12-18-9-7-8-10-19(18)15-17/h7-12,15H,4-6,13-14,16H2,1-3H3/q+1. The lowest BCUT2D eigenvalue weighted by atomic mass is 10.1. The minimum Gasteiger partial charge on any atom is -0.429 e. The van der Waals surface area contributed by atoms with E-state index in [1.807, 2.05) is 30.3 Å². The largest absolute Gasteiger partial charge is 0.508 e. The number of hydrogen-bond acceptors (Lipinski definition) is 3. The third kappa shape index (κ3) is 4.71. The molecule has 2 aromatic carbocycles. The van der Waals surface area contributed by atoms with Gasteiger partial charge in [0.1, 0.15) is 19.8 Å². The van der Waals surface area contributed by atoms with Crippen molar-refractivity contribution < 1.29 is 18.8 Å². The second-order valence-electron chi connectivity index (χ2n) is 6.08. The van der Waals surface area contributed by atoms with Crippen LogP contribution in [-0.2, 0) is 16.1 Å². The molecule has 0 aromatic heterocycles. The second-order valence-corrected chi connectivity index (χ2v) is 6.08. The number of nitrogens with zero attached hydrogens (tertiary/aromatic N) is 1. The molecule has 0 aliphatic carbocycles. The number of likely N-dealkylation sites (N-methyl/N-ethyl adjacent to an activating group) is 1. The molecule has 0 aliphatic rings. The van der Waals surface area contributed by atoms with Gasteiger partial charge in [-0.3, -0.25) is 0 Å². The van der Waals surface area contributed by atoms with Crippen LogP contribution in [-0.4, -0.2) is 43.4 Å². The maximum absolute atomic E-state index is 11.8. The Morgan fingerprint density at radius 1 is 0.917 bits per heavy atom. The molecule has 0 heterocycles. The van der Waals surface area contributed by atoms with Crippen molar-refractivity contribution in [2.24, 2.45) is 0 Å². The number of carbonyl (C=O) groups excluding carboxylic acids is 1. The third-order valence-corrected chi connectivity index (χ3v) is 4.97. The van der Waals surface area contributed by atoms with Crippen molar-refractivity contribution in [2.75, 3.05) is 32.8 Å². The van der Waals surface area contributed by atoms with Crippen LogP contribution >= 0.6 is 0 Å². The van der Waals surface area contributed by atoms with E-state index in [9.17, 15) is 4.79 Å². The first-order valence-corrected chi connectivity index (χ1v) is 8.74. The van der Waals surface area contributed by atoms with Gasteiger partial charge in [0, 0.05) is 0 Å². The summed E-state index contributed by atoms with van der Waals surface area (Å²) in [5.41, 5.74) is 0.964. The minimum atomic E-state index is -0.593. The summed E-state index contributed by atoms with van der Waals surface area (Å²) < 4.78 is 11.4.